The molecule has 4 aromatic rings. The van der Waals surface area contributed by atoms with Crippen molar-refractivity contribution < 1.29 is 36.2 Å². The molecule has 2 unspecified atom stereocenters. The number of rotatable bonds is 7. The van der Waals surface area contributed by atoms with E-state index in [1.807, 2.05) is 6.92 Å². The Morgan fingerprint density at radius 1 is 1.27 bits per heavy atom. The number of amides is 1. The van der Waals surface area contributed by atoms with Gasteiger partial charge in [0.2, 0.25) is 5.91 Å². The zero-order valence-electron chi connectivity index (χ0n) is 24.1. The Labute approximate surface area is 252 Å². The van der Waals surface area contributed by atoms with Crippen LogP contribution in [0.1, 0.15) is 31.4 Å². The minimum Gasteiger partial charge on any atom is -0.467 e. The van der Waals surface area contributed by atoms with Crippen LogP contribution >= 0.6 is 11.3 Å². The number of likely N-dealkylation sites (N-methyl/N-ethyl adjacent to an activating group) is 1. The zero-order valence-corrected chi connectivity index (χ0v) is 24.9. The third kappa shape index (κ3) is 5.01. The Morgan fingerprint density at radius 3 is 2.61 bits per heavy atom. The van der Waals surface area contributed by atoms with Crippen molar-refractivity contribution in [2.24, 2.45) is 0 Å². The summed E-state index contributed by atoms with van der Waals surface area (Å²) in [7, 11) is 2.64. The molecule has 0 radical (unpaired) electrons. The van der Waals surface area contributed by atoms with Crippen LogP contribution in [-0.4, -0.2) is 66.8 Å². The summed E-state index contributed by atoms with van der Waals surface area (Å²) in [4.78, 5) is 24.4. The predicted octanol–water partition coefficient (Wildman–Crippen LogP) is 5.73. The normalized spacial score (nSPS) is 17.0. The van der Waals surface area contributed by atoms with Crippen LogP contribution in [0.3, 0.4) is 0 Å². The van der Waals surface area contributed by atoms with Crippen molar-refractivity contribution >= 4 is 49.1 Å². The number of thiophene rings is 1. The smallest absolute Gasteiger partial charge is 0.417 e. The van der Waals surface area contributed by atoms with Gasteiger partial charge < -0.3 is 25.0 Å². The third-order valence-corrected chi connectivity index (χ3v) is 8.92. The van der Waals surface area contributed by atoms with Crippen molar-refractivity contribution in [2.45, 2.75) is 38.5 Å². The van der Waals surface area contributed by atoms with Gasteiger partial charge in [0.15, 0.2) is 5.82 Å². The van der Waals surface area contributed by atoms with Crippen LogP contribution in [0.4, 0.5) is 32.8 Å². The number of nitriles is 1. The van der Waals surface area contributed by atoms with Crippen molar-refractivity contribution in [3.05, 3.63) is 41.0 Å². The number of nitrogens with zero attached hydrogens (tertiary/aromatic N) is 5. The van der Waals surface area contributed by atoms with E-state index in [0.29, 0.717) is 24.3 Å². The van der Waals surface area contributed by atoms with Gasteiger partial charge in [-0.1, -0.05) is 6.07 Å². The Balaban J connectivity index is 1.80. The molecule has 0 aliphatic carbocycles. The van der Waals surface area contributed by atoms with Crippen LogP contribution in [0.5, 0.6) is 6.01 Å². The minimum atomic E-state index is -5.09. The highest BCUT2D eigenvalue weighted by Crippen LogP contribution is 2.48. The van der Waals surface area contributed by atoms with Crippen molar-refractivity contribution in [3.63, 3.8) is 0 Å². The predicted molar refractivity (Wildman–Crippen MR) is 155 cm³/mol. The van der Waals surface area contributed by atoms with Crippen LogP contribution in [-0.2, 0) is 15.7 Å². The van der Waals surface area contributed by atoms with Gasteiger partial charge in [0.25, 0.3) is 0 Å². The lowest BCUT2D eigenvalue weighted by atomic mass is 9.92. The highest BCUT2D eigenvalue weighted by molar-refractivity contribution is 7.23. The summed E-state index contributed by atoms with van der Waals surface area (Å²) in [5.41, 5.74) is 2.53. The number of fused-ring (bicyclic) bond motifs is 2. The Bertz CT molecular complexity index is 1820. The highest BCUT2D eigenvalue weighted by Gasteiger charge is 2.41. The van der Waals surface area contributed by atoms with E-state index in [2.05, 4.69) is 9.97 Å². The molecular weight excluding hydrogens is 607 g/mol. The number of carbonyl (C=O) groups excluding carboxylic acids is 1. The summed E-state index contributed by atoms with van der Waals surface area (Å²) in [5.74, 6) is -2.42. The number of halogens is 5. The van der Waals surface area contributed by atoms with E-state index in [1.54, 1.807) is 22.8 Å². The second-order valence-corrected chi connectivity index (χ2v) is 11.2. The van der Waals surface area contributed by atoms with Gasteiger partial charge in [-0.3, -0.25) is 4.79 Å². The van der Waals surface area contributed by atoms with Gasteiger partial charge in [-0.05, 0) is 38.0 Å². The number of ether oxygens (including phenoxy) is 2. The Hall–Kier alpha value is -4.29. The van der Waals surface area contributed by atoms with Gasteiger partial charge in [0.1, 0.15) is 34.8 Å². The average Bonchev–Trinajstić information content (AvgIpc) is 3.53. The maximum absolute atomic E-state index is 16.7. The number of carbonyl (C=O) groups is 1. The lowest BCUT2D eigenvalue weighted by Crippen LogP contribution is -2.46. The van der Waals surface area contributed by atoms with Gasteiger partial charge in [-0.2, -0.15) is 28.4 Å². The molecule has 44 heavy (non-hydrogen) atoms. The number of alkyl halides is 3. The van der Waals surface area contributed by atoms with Crippen LogP contribution in [0, 0.1) is 23.0 Å². The topological polar surface area (TPSA) is 118 Å². The van der Waals surface area contributed by atoms with Gasteiger partial charge in [0, 0.05) is 42.6 Å². The van der Waals surface area contributed by atoms with Gasteiger partial charge in [-0.15, -0.1) is 11.3 Å². The standard InChI is InChI=1S/C29H27F5N6O3S/c1-5-39(19-8-9-40(13(19)2)20(41)12-42-3)27-15-10-17(29(32,33)34)22(23(31)24(15)37-28(38-27)43-4)14-6-7-18(30)25-21(14)16(11-35)26(36)44-25/h6-7,10,13,19H,5,8-9,12,36H2,1-4H3. The molecule has 1 aliphatic heterocycles. The molecule has 15 heteroatoms. The number of hydrogen-bond donors (Lipinski definition) is 1. The first-order valence-electron chi connectivity index (χ1n) is 13.5. The van der Waals surface area contributed by atoms with E-state index >= 15 is 4.39 Å². The summed E-state index contributed by atoms with van der Waals surface area (Å²) < 4.78 is 85.8. The molecule has 1 aliphatic rings. The fraction of sp³-hybridized carbons (Fsp3) is 0.379. The number of likely N-dealkylation sites (tertiary alicyclic amines) is 1. The first kappa shape index (κ1) is 31.1. The largest absolute Gasteiger partial charge is 0.467 e. The first-order valence-corrected chi connectivity index (χ1v) is 14.3. The summed E-state index contributed by atoms with van der Waals surface area (Å²) in [6, 6.07) is 3.40. The number of nitrogen functional groups attached to an aromatic ring is 1. The SMILES string of the molecule is CCN(c1nc(OC)nc2c(F)c(-c3ccc(F)c4sc(N)c(C#N)c34)c(C(F)(F)F)cc12)C1CCN(C(=O)COC)C1C. The quantitative estimate of drug-likeness (QED) is 0.256. The third-order valence-electron chi connectivity index (χ3n) is 7.89. The van der Waals surface area contributed by atoms with Gasteiger partial charge >= 0.3 is 12.2 Å². The molecule has 1 amide bonds. The monoisotopic (exact) mass is 634 g/mol. The molecule has 2 atom stereocenters. The van der Waals surface area contributed by atoms with Gasteiger partial charge in [0.05, 0.1) is 29.0 Å². The fourth-order valence-corrected chi connectivity index (χ4v) is 6.89. The summed E-state index contributed by atoms with van der Waals surface area (Å²) in [6.45, 7) is 4.08. The van der Waals surface area contributed by atoms with Crippen LogP contribution < -0.4 is 15.4 Å². The molecule has 9 nitrogen and oxygen atoms in total. The number of aromatic nitrogens is 2. The highest BCUT2D eigenvalue weighted by atomic mass is 32.1. The number of hydrogen-bond acceptors (Lipinski definition) is 9. The lowest BCUT2D eigenvalue weighted by molar-refractivity contribution is -0.137. The van der Waals surface area contributed by atoms with Crippen molar-refractivity contribution in [2.75, 3.05) is 44.5 Å². The summed E-state index contributed by atoms with van der Waals surface area (Å²) >= 11 is 0.685. The number of methoxy groups -OCH3 is 2. The molecule has 2 aromatic carbocycles. The van der Waals surface area contributed by atoms with Gasteiger partial charge in [-0.25, -0.2) is 8.78 Å². The molecule has 2 aromatic heterocycles. The van der Waals surface area contributed by atoms with Crippen LogP contribution in [0.15, 0.2) is 18.2 Å². The van der Waals surface area contributed by atoms with E-state index in [-0.39, 0.29) is 74.6 Å². The maximum Gasteiger partial charge on any atom is 0.417 e. The van der Waals surface area contributed by atoms with E-state index in [0.717, 1.165) is 18.2 Å². The van der Waals surface area contributed by atoms with Crippen molar-refractivity contribution in [1.82, 2.24) is 14.9 Å². The lowest BCUT2D eigenvalue weighted by Gasteiger charge is -2.34. The molecule has 2 N–H and O–H groups in total. The Morgan fingerprint density at radius 2 is 2.00 bits per heavy atom. The molecule has 232 valence electrons. The molecule has 1 saturated heterocycles. The molecule has 1 fully saturated rings. The van der Waals surface area contributed by atoms with Crippen LogP contribution in [0.2, 0.25) is 0 Å². The van der Waals surface area contributed by atoms with Crippen molar-refractivity contribution in [1.29, 1.82) is 5.26 Å². The molecule has 0 bridgehead atoms. The minimum absolute atomic E-state index is 0.00932. The summed E-state index contributed by atoms with van der Waals surface area (Å²) in [5, 5.41) is 9.13. The first-order chi connectivity index (χ1) is 20.9. The Kier molecular flexibility index (Phi) is 8.25. The number of nitrogens with two attached hydrogens (primary N) is 1. The molecular formula is C29H27F5N6O3S. The fourth-order valence-electron chi connectivity index (χ4n) is 5.94. The van der Waals surface area contributed by atoms with E-state index in [4.69, 9.17) is 15.2 Å². The van der Waals surface area contributed by atoms with Crippen LogP contribution in [0.25, 0.3) is 32.1 Å². The van der Waals surface area contributed by atoms with Crippen molar-refractivity contribution in [3.8, 4) is 23.2 Å². The average molecular weight is 635 g/mol. The maximum atomic E-state index is 16.7. The number of benzene rings is 2. The number of anilines is 2. The second kappa shape index (κ2) is 11.7. The summed E-state index contributed by atoms with van der Waals surface area (Å²) in [6.07, 6.45) is -4.62. The molecule has 5 rings (SSSR count). The molecule has 0 saturated carbocycles. The molecule has 0 spiro atoms. The van der Waals surface area contributed by atoms with E-state index in [9.17, 15) is 27.6 Å². The van der Waals surface area contributed by atoms with E-state index in [1.165, 1.54) is 14.2 Å². The zero-order chi connectivity index (χ0) is 32.1. The molecule has 3 heterocycles. The second-order valence-electron chi connectivity index (χ2n) is 10.2. The van der Waals surface area contributed by atoms with E-state index < -0.39 is 34.5 Å².